The molecular formula is C26H47BrN6O4. The Hall–Kier alpha value is -2.56. The van der Waals surface area contributed by atoms with Gasteiger partial charge in [-0.1, -0.05) is 27.7 Å². The molecule has 37 heavy (non-hydrogen) atoms. The maximum atomic E-state index is 12.0. The van der Waals surface area contributed by atoms with Crippen molar-refractivity contribution in [1.82, 2.24) is 29.7 Å². The van der Waals surface area contributed by atoms with Crippen LogP contribution in [0.2, 0.25) is 0 Å². The van der Waals surface area contributed by atoms with Crippen LogP contribution in [0.3, 0.4) is 0 Å². The van der Waals surface area contributed by atoms with Crippen LogP contribution in [-0.4, -0.2) is 66.2 Å². The van der Waals surface area contributed by atoms with Gasteiger partial charge in [0.15, 0.2) is 0 Å². The van der Waals surface area contributed by atoms with Crippen LogP contribution in [0.15, 0.2) is 23.2 Å². The number of ether oxygens (including phenoxy) is 2. The lowest BCUT2D eigenvalue weighted by Crippen LogP contribution is -2.37. The summed E-state index contributed by atoms with van der Waals surface area (Å²) in [6, 6.07) is 0. The van der Waals surface area contributed by atoms with Gasteiger partial charge in [-0.05, 0) is 70.3 Å². The molecule has 0 aliphatic heterocycles. The molecule has 10 nitrogen and oxygen atoms in total. The third-order valence-corrected chi connectivity index (χ3v) is 4.53. The van der Waals surface area contributed by atoms with Crippen molar-refractivity contribution in [3.63, 3.8) is 0 Å². The lowest BCUT2D eigenvalue weighted by atomic mass is 10.2. The molecule has 0 bridgehead atoms. The van der Waals surface area contributed by atoms with Crippen LogP contribution in [0.4, 0.5) is 9.59 Å². The molecule has 11 heteroatoms. The van der Waals surface area contributed by atoms with Gasteiger partial charge in [-0.3, -0.25) is 0 Å². The SMILES string of the molecule is CC.CCCN(Cc1ncc(Br)[nH]1)C(=O)OC(C)(C)C.CCCN(Cc1ncc[nH]1)C(=O)OC(C)(C)C. The molecule has 2 aromatic heterocycles. The highest BCUT2D eigenvalue weighted by atomic mass is 79.9. The number of hydrogen-bond acceptors (Lipinski definition) is 6. The molecule has 0 aliphatic rings. The number of aromatic nitrogens is 4. The highest BCUT2D eigenvalue weighted by molar-refractivity contribution is 9.10. The Kier molecular flexibility index (Phi) is 15.9. The normalized spacial score (nSPS) is 10.9. The van der Waals surface area contributed by atoms with E-state index in [1.54, 1.807) is 28.4 Å². The van der Waals surface area contributed by atoms with E-state index in [1.165, 1.54) is 0 Å². The van der Waals surface area contributed by atoms with Gasteiger partial charge in [0.2, 0.25) is 0 Å². The number of carbonyl (C=O) groups excluding carboxylic acids is 2. The molecule has 0 radical (unpaired) electrons. The molecule has 0 spiro atoms. The number of imidazole rings is 2. The molecule has 2 rings (SSSR count). The molecule has 2 aromatic rings. The number of carbonyl (C=O) groups is 2. The molecule has 2 amide bonds. The number of nitrogens with one attached hydrogen (secondary N) is 2. The summed E-state index contributed by atoms with van der Waals surface area (Å²) in [5, 5.41) is 0. The predicted octanol–water partition coefficient (Wildman–Crippen LogP) is 6.90. The summed E-state index contributed by atoms with van der Waals surface area (Å²) < 4.78 is 11.5. The van der Waals surface area contributed by atoms with Crippen LogP contribution >= 0.6 is 15.9 Å². The Balaban J connectivity index is 0.000000657. The number of hydrogen-bond donors (Lipinski definition) is 2. The van der Waals surface area contributed by atoms with Crippen LogP contribution in [0.5, 0.6) is 0 Å². The second-order valence-corrected chi connectivity index (χ2v) is 10.9. The molecule has 2 N–H and O–H groups in total. The van der Waals surface area contributed by atoms with Crippen LogP contribution in [0.25, 0.3) is 0 Å². The van der Waals surface area contributed by atoms with Gasteiger partial charge >= 0.3 is 12.2 Å². The summed E-state index contributed by atoms with van der Waals surface area (Å²) in [7, 11) is 0. The van der Waals surface area contributed by atoms with Crippen LogP contribution in [0, 0.1) is 0 Å². The Bertz CT molecular complexity index is 888. The fourth-order valence-electron chi connectivity index (χ4n) is 2.83. The minimum atomic E-state index is -0.479. The van der Waals surface area contributed by atoms with Crippen molar-refractivity contribution in [2.24, 2.45) is 0 Å². The van der Waals surface area contributed by atoms with Crippen molar-refractivity contribution in [2.45, 2.75) is 106 Å². The highest BCUT2D eigenvalue weighted by Gasteiger charge is 2.23. The van der Waals surface area contributed by atoms with Gasteiger partial charge < -0.3 is 29.2 Å². The van der Waals surface area contributed by atoms with E-state index in [9.17, 15) is 9.59 Å². The van der Waals surface area contributed by atoms with Gasteiger partial charge in [-0.2, -0.15) is 0 Å². The fraction of sp³-hybridized carbons (Fsp3) is 0.692. The minimum absolute atomic E-state index is 0.296. The number of H-pyrrole nitrogens is 2. The summed E-state index contributed by atoms with van der Waals surface area (Å²) >= 11 is 3.29. The van der Waals surface area contributed by atoms with E-state index < -0.39 is 11.2 Å². The van der Waals surface area contributed by atoms with Gasteiger partial charge in [0.05, 0.1) is 19.3 Å². The van der Waals surface area contributed by atoms with Crippen LogP contribution < -0.4 is 0 Å². The molecule has 2 heterocycles. The Morgan fingerprint density at radius 2 is 1.32 bits per heavy atom. The Morgan fingerprint density at radius 3 is 1.65 bits per heavy atom. The molecule has 0 unspecified atom stereocenters. The monoisotopic (exact) mass is 586 g/mol. The maximum absolute atomic E-state index is 12.0. The van der Waals surface area contributed by atoms with Crippen molar-refractivity contribution in [3.8, 4) is 0 Å². The van der Waals surface area contributed by atoms with Gasteiger partial charge in [0, 0.05) is 25.5 Å². The minimum Gasteiger partial charge on any atom is -0.444 e. The number of amides is 2. The third-order valence-electron chi connectivity index (χ3n) is 4.12. The molecule has 0 saturated heterocycles. The van der Waals surface area contributed by atoms with Crippen molar-refractivity contribution in [1.29, 1.82) is 0 Å². The van der Waals surface area contributed by atoms with Crippen molar-refractivity contribution in [3.05, 3.63) is 34.8 Å². The van der Waals surface area contributed by atoms with E-state index in [2.05, 4.69) is 35.9 Å². The Morgan fingerprint density at radius 1 is 0.865 bits per heavy atom. The highest BCUT2D eigenvalue weighted by Crippen LogP contribution is 2.14. The van der Waals surface area contributed by atoms with E-state index in [0.29, 0.717) is 26.2 Å². The van der Waals surface area contributed by atoms with Crippen LogP contribution in [0.1, 0.15) is 93.7 Å². The summed E-state index contributed by atoms with van der Waals surface area (Å²) in [6.07, 6.45) is 6.26. The molecule has 212 valence electrons. The zero-order valence-electron chi connectivity index (χ0n) is 24.3. The smallest absolute Gasteiger partial charge is 0.410 e. The molecule has 0 aliphatic carbocycles. The molecular weight excluding hydrogens is 540 g/mol. The summed E-state index contributed by atoms with van der Waals surface area (Å²) in [6.45, 7) is 21.4. The van der Waals surface area contributed by atoms with E-state index in [-0.39, 0.29) is 12.2 Å². The molecule has 0 saturated carbocycles. The molecule has 0 atom stereocenters. The number of aromatic amines is 2. The van der Waals surface area contributed by atoms with Crippen molar-refractivity contribution < 1.29 is 19.1 Å². The number of halogens is 1. The van der Waals surface area contributed by atoms with Crippen molar-refractivity contribution >= 4 is 28.1 Å². The first kappa shape index (κ1) is 34.4. The second-order valence-electron chi connectivity index (χ2n) is 10.0. The fourth-order valence-corrected chi connectivity index (χ4v) is 3.16. The maximum Gasteiger partial charge on any atom is 0.410 e. The quantitative estimate of drug-likeness (QED) is 0.347. The van der Waals surface area contributed by atoms with E-state index in [4.69, 9.17) is 9.47 Å². The summed E-state index contributed by atoms with van der Waals surface area (Å²) in [5.74, 6) is 1.51. The number of nitrogens with zero attached hydrogens (tertiary/aromatic N) is 4. The van der Waals surface area contributed by atoms with Crippen molar-refractivity contribution in [2.75, 3.05) is 13.1 Å². The largest absolute Gasteiger partial charge is 0.444 e. The predicted molar refractivity (Wildman–Crippen MR) is 150 cm³/mol. The van der Waals surface area contributed by atoms with Gasteiger partial charge in [0.25, 0.3) is 0 Å². The first-order valence-corrected chi connectivity index (χ1v) is 13.7. The van der Waals surface area contributed by atoms with Gasteiger partial charge in [-0.25, -0.2) is 19.6 Å². The van der Waals surface area contributed by atoms with E-state index in [0.717, 1.165) is 29.1 Å². The third kappa shape index (κ3) is 16.0. The lowest BCUT2D eigenvalue weighted by molar-refractivity contribution is 0.0219. The van der Waals surface area contributed by atoms with E-state index >= 15 is 0 Å². The van der Waals surface area contributed by atoms with Crippen LogP contribution in [-0.2, 0) is 22.6 Å². The average Bonchev–Trinajstić information content (AvgIpc) is 3.44. The Labute approximate surface area is 231 Å². The van der Waals surface area contributed by atoms with Gasteiger partial charge in [-0.15, -0.1) is 0 Å². The molecule has 0 fully saturated rings. The van der Waals surface area contributed by atoms with Gasteiger partial charge in [0.1, 0.15) is 27.5 Å². The zero-order valence-corrected chi connectivity index (χ0v) is 25.9. The second kappa shape index (κ2) is 17.0. The first-order valence-electron chi connectivity index (χ1n) is 12.9. The zero-order chi connectivity index (χ0) is 28.6. The standard InChI is InChI=1S/C12H20BrN3O2.C12H21N3O2.C2H6/c1-5-6-16(11(17)18-12(2,3)4)8-10-14-7-9(13)15-10;1-5-8-15(9-10-13-6-7-14-10)11(16)17-12(2,3)4;1-2/h7H,5-6,8H2,1-4H3,(H,14,15);6-7H,5,8-9H2,1-4H3,(H,13,14);1-2H3. The average molecular weight is 588 g/mol. The first-order chi connectivity index (χ1) is 17.2. The molecule has 0 aromatic carbocycles. The number of rotatable bonds is 8. The summed E-state index contributed by atoms with van der Waals surface area (Å²) in [5.41, 5.74) is -0.945. The lowest BCUT2D eigenvalue weighted by Gasteiger charge is -2.26. The van der Waals surface area contributed by atoms with E-state index in [1.807, 2.05) is 69.2 Å². The topological polar surface area (TPSA) is 116 Å². The summed E-state index contributed by atoms with van der Waals surface area (Å²) in [4.78, 5) is 41.6.